The molecule has 3 atom stereocenters. The second-order valence-corrected chi connectivity index (χ2v) is 9.60. The highest BCUT2D eigenvalue weighted by molar-refractivity contribution is 5.93. The maximum Gasteiger partial charge on any atom is 0.228 e. The first-order chi connectivity index (χ1) is 14.8. The lowest BCUT2D eigenvalue weighted by atomic mass is 9.89. The number of carbonyl (C=O) groups excluding carboxylic acids is 2. The molecule has 6 heteroatoms. The van der Waals surface area contributed by atoms with Crippen molar-refractivity contribution in [3.05, 3.63) is 24.3 Å². The number of carbonyl (C=O) groups is 2. The highest BCUT2D eigenvalue weighted by Gasteiger charge is 2.34. The summed E-state index contributed by atoms with van der Waals surface area (Å²) in [5.41, 5.74) is 0. The van der Waals surface area contributed by atoms with Gasteiger partial charge in [-0.05, 0) is 43.4 Å². The summed E-state index contributed by atoms with van der Waals surface area (Å²) < 4.78 is 5.94. The van der Waals surface area contributed by atoms with E-state index in [4.69, 9.17) is 4.74 Å². The van der Waals surface area contributed by atoms with Gasteiger partial charge in [0.25, 0.3) is 0 Å². The summed E-state index contributed by atoms with van der Waals surface area (Å²) in [7, 11) is 0. The molecule has 31 heavy (non-hydrogen) atoms. The van der Waals surface area contributed by atoms with E-state index in [2.05, 4.69) is 27.8 Å². The number of hydrogen-bond acceptors (Lipinski definition) is 4. The van der Waals surface area contributed by atoms with Crippen molar-refractivity contribution >= 4 is 23.5 Å². The number of unbranched alkanes of at least 4 members (excludes halogenated alkanes) is 2. The predicted octanol–water partition coefficient (Wildman–Crippen LogP) is 5.42. The van der Waals surface area contributed by atoms with Gasteiger partial charge in [-0.15, -0.1) is 0 Å². The normalized spacial score (nSPS) is 21.7. The Morgan fingerprint density at radius 1 is 0.968 bits per heavy atom. The number of nitrogens with one attached hydrogen (secondary N) is 2. The lowest BCUT2D eigenvalue weighted by Crippen LogP contribution is -2.21. The molecule has 170 valence electrons. The summed E-state index contributed by atoms with van der Waals surface area (Å²) in [5.74, 6) is 3.37. The van der Waals surface area contributed by atoms with Crippen molar-refractivity contribution < 1.29 is 14.3 Å². The van der Waals surface area contributed by atoms with Crippen LogP contribution in [0.25, 0.3) is 0 Å². The number of allylic oxidation sites excluding steroid dienone is 2. The molecule has 3 unspecified atom stereocenters. The van der Waals surface area contributed by atoms with Gasteiger partial charge in [0, 0.05) is 24.0 Å². The van der Waals surface area contributed by atoms with E-state index in [1.165, 1.54) is 25.7 Å². The van der Waals surface area contributed by atoms with E-state index < -0.39 is 0 Å². The van der Waals surface area contributed by atoms with E-state index in [1.807, 2.05) is 27.7 Å². The standard InChI is InChI=1S/C25H37N3O3/c1-16(2)24(29)27-22-14-21(15-23(26-22)28-25(30)17(3)4)31-11-7-5-6-8-19-12-18-9-10-20(19)13-18/h9-10,14-20H,5-8,11-13H2,1-4H3,(H2,26,27,28,29,30). The quantitative estimate of drug-likeness (QED) is 0.365. The monoisotopic (exact) mass is 427 g/mol. The number of amides is 2. The first-order valence-corrected chi connectivity index (χ1v) is 11.8. The van der Waals surface area contributed by atoms with Crippen molar-refractivity contribution in [2.24, 2.45) is 29.6 Å². The van der Waals surface area contributed by atoms with Gasteiger partial charge >= 0.3 is 0 Å². The van der Waals surface area contributed by atoms with Crippen LogP contribution in [0.2, 0.25) is 0 Å². The van der Waals surface area contributed by atoms with E-state index in [9.17, 15) is 9.59 Å². The van der Waals surface area contributed by atoms with Gasteiger partial charge in [-0.2, -0.15) is 0 Å². The number of hydrogen-bond donors (Lipinski definition) is 2. The molecule has 2 aliphatic rings. The third-order valence-corrected chi connectivity index (χ3v) is 6.25. The minimum absolute atomic E-state index is 0.124. The number of fused-ring (bicyclic) bond motifs is 2. The molecule has 2 amide bonds. The Bertz CT molecular complexity index is 763. The molecule has 2 bridgehead atoms. The zero-order valence-corrected chi connectivity index (χ0v) is 19.3. The van der Waals surface area contributed by atoms with Crippen LogP contribution in [0.4, 0.5) is 11.6 Å². The van der Waals surface area contributed by atoms with Gasteiger partial charge in [0.05, 0.1) is 6.61 Å². The number of ether oxygens (including phenoxy) is 1. The van der Waals surface area contributed by atoms with Crippen LogP contribution >= 0.6 is 0 Å². The van der Waals surface area contributed by atoms with Crippen LogP contribution in [0.1, 0.15) is 66.2 Å². The molecule has 1 fully saturated rings. The van der Waals surface area contributed by atoms with Crippen LogP contribution < -0.4 is 15.4 Å². The third kappa shape index (κ3) is 6.81. The van der Waals surface area contributed by atoms with E-state index in [-0.39, 0.29) is 23.7 Å². The molecule has 0 saturated heterocycles. The Hall–Kier alpha value is -2.37. The molecule has 1 aromatic rings. The summed E-state index contributed by atoms with van der Waals surface area (Å²) in [6.45, 7) is 7.90. The highest BCUT2D eigenvalue weighted by atomic mass is 16.5. The van der Waals surface area contributed by atoms with E-state index in [0.717, 1.165) is 30.6 Å². The van der Waals surface area contributed by atoms with Gasteiger partial charge < -0.3 is 15.4 Å². The third-order valence-electron chi connectivity index (χ3n) is 6.25. The predicted molar refractivity (Wildman–Crippen MR) is 124 cm³/mol. The van der Waals surface area contributed by atoms with Crippen LogP contribution in [0.3, 0.4) is 0 Å². The first kappa shape index (κ1) is 23.3. The summed E-state index contributed by atoms with van der Waals surface area (Å²) in [6.07, 6.45) is 12.3. The molecular formula is C25H37N3O3. The van der Waals surface area contributed by atoms with Crippen molar-refractivity contribution in [3.63, 3.8) is 0 Å². The second kappa shape index (κ2) is 10.8. The van der Waals surface area contributed by atoms with Crippen molar-refractivity contribution in [1.82, 2.24) is 4.98 Å². The zero-order chi connectivity index (χ0) is 22.4. The molecular weight excluding hydrogens is 390 g/mol. The fourth-order valence-electron chi connectivity index (χ4n) is 4.36. The fraction of sp³-hybridized carbons (Fsp3) is 0.640. The molecule has 0 aromatic carbocycles. The second-order valence-electron chi connectivity index (χ2n) is 9.60. The van der Waals surface area contributed by atoms with Gasteiger partial charge in [0.2, 0.25) is 11.8 Å². The van der Waals surface area contributed by atoms with Crippen LogP contribution in [-0.4, -0.2) is 23.4 Å². The zero-order valence-electron chi connectivity index (χ0n) is 19.3. The molecule has 1 heterocycles. The Morgan fingerprint density at radius 3 is 2.13 bits per heavy atom. The van der Waals surface area contributed by atoms with Gasteiger partial charge in [-0.1, -0.05) is 52.7 Å². The minimum Gasteiger partial charge on any atom is -0.493 e. The number of rotatable bonds is 11. The smallest absolute Gasteiger partial charge is 0.228 e. The van der Waals surface area contributed by atoms with E-state index >= 15 is 0 Å². The van der Waals surface area contributed by atoms with Crippen LogP contribution in [0, 0.1) is 29.6 Å². The molecule has 0 spiro atoms. The average Bonchev–Trinajstić information content (AvgIpc) is 3.33. The Morgan fingerprint density at radius 2 is 1.61 bits per heavy atom. The van der Waals surface area contributed by atoms with E-state index in [1.54, 1.807) is 12.1 Å². The lowest BCUT2D eigenvalue weighted by Gasteiger charge is -2.17. The summed E-state index contributed by atoms with van der Waals surface area (Å²) in [4.78, 5) is 28.5. The maximum atomic E-state index is 12.1. The Kier molecular flexibility index (Phi) is 8.10. The molecule has 2 aliphatic carbocycles. The fourth-order valence-corrected chi connectivity index (χ4v) is 4.36. The van der Waals surface area contributed by atoms with Gasteiger partial charge in [0.1, 0.15) is 17.4 Å². The lowest BCUT2D eigenvalue weighted by molar-refractivity contribution is -0.119. The van der Waals surface area contributed by atoms with Crippen LogP contribution in [-0.2, 0) is 9.59 Å². The molecule has 1 saturated carbocycles. The molecule has 0 radical (unpaired) electrons. The van der Waals surface area contributed by atoms with Gasteiger partial charge in [0.15, 0.2) is 0 Å². The molecule has 3 rings (SSSR count). The largest absolute Gasteiger partial charge is 0.493 e. The molecule has 6 nitrogen and oxygen atoms in total. The molecule has 1 aromatic heterocycles. The number of aromatic nitrogens is 1. The van der Waals surface area contributed by atoms with Crippen molar-refractivity contribution in [2.45, 2.75) is 66.2 Å². The Labute approximate surface area is 186 Å². The number of nitrogens with zero attached hydrogens (tertiary/aromatic N) is 1. The van der Waals surface area contributed by atoms with Crippen LogP contribution in [0.15, 0.2) is 24.3 Å². The van der Waals surface area contributed by atoms with Crippen molar-refractivity contribution in [1.29, 1.82) is 0 Å². The van der Waals surface area contributed by atoms with Gasteiger partial charge in [-0.3, -0.25) is 9.59 Å². The summed E-state index contributed by atoms with van der Waals surface area (Å²) in [6, 6.07) is 3.43. The SMILES string of the molecule is CC(C)C(=O)Nc1cc(OCCCCCC2CC3C=CC2C3)cc(NC(=O)C(C)C)n1. The average molecular weight is 428 g/mol. The van der Waals surface area contributed by atoms with Crippen LogP contribution in [0.5, 0.6) is 5.75 Å². The Balaban J connectivity index is 1.48. The summed E-state index contributed by atoms with van der Waals surface area (Å²) >= 11 is 0. The maximum absolute atomic E-state index is 12.1. The number of anilines is 2. The highest BCUT2D eigenvalue weighted by Crippen LogP contribution is 2.45. The van der Waals surface area contributed by atoms with Gasteiger partial charge in [-0.25, -0.2) is 4.98 Å². The van der Waals surface area contributed by atoms with E-state index in [0.29, 0.717) is 24.0 Å². The first-order valence-electron chi connectivity index (χ1n) is 11.8. The molecule has 0 aliphatic heterocycles. The minimum atomic E-state index is -0.161. The molecule has 2 N–H and O–H groups in total. The number of pyridine rings is 1. The topological polar surface area (TPSA) is 80.3 Å². The van der Waals surface area contributed by atoms with Crippen molar-refractivity contribution in [2.75, 3.05) is 17.2 Å². The summed E-state index contributed by atoms with van der Waals surface area (Å²) in [5, 5.41) is 5.59. The van der Waals surface area contributed by atoms with Crippen molar-refractivity contribution in [3.8, 4) is 5.75 Å².